The zero-order chi connectivity index (χ0) is 19.9. The number of halogens is 1. The van der Waals surface area contributed by atoms with Crippen LogP contribution in [0.25, 0.3) is 11.3 Å². The van der Waals surface area contributed by atoms with Gasteiger partial charge in [-0.05, 0) is 42.9 Å². The van der Waals surface area contributed by atoms with E-state index in [9.17, 15) is 4.79 Å². The van der Waals surface area contributed by atoms with Crippen LogP contribution in [0.3, 0.4) is 0 Å². The van der Waals surface area contributed by atoms with Crippen molar-refractivity contribution in [3.63, 3.8) is 0 Å². The molecule has 0 saturated carbocycles. The normalized spacial score (nSPS) is 14.1. The van der Waals surface area contributed by atoms with E-state index >= 15 is 0 Å². The zero-order valence-corrected chi connectivity index (χ0v) is 17.7. The Morgan fingerprint density at radius 2 is 1.57 bits per heavy atom. The summed E-state index contributed by atoms with van der Waals surface area (Å²) < 4.78 is 0. The highest BCUT2D eigenvalue weighted by atomic mass is 35.5. The van der Waals surface area contributed by atoms with Gasteiger partial charge in [-0.25, -0.2) is 0 Å². The van der Waals surface area contributed by atoms with E-state index in [1.54, 1.807) is 0 Å². The number of likely N-dealkylation sites (tertiary alicyclic amines) is 1. The quantitative estimate of drug-likeness (QED) is 0.637. The maximum Gasteiger partial charge on any atom is 0.241 e. The summed E-state index contributed by atoms with van der Waals surface area (Å²) in [6.45, 7) is 1.91. The first-order valence-electron chi connectivity index (χ1n) is 10.2. The highest BCUT2D eigenvalue weighted by molar-refractivity contribution is 5.85. The maximum atomic E-state index is 12.5. The summed E-state index contributed by atoms with van der Waals surface area (Å²) in [5, 5.41) is 11.6. The van der Waals surface area contributed by atoms with Crippen LogP contribution in [0.15, 0.2) is 72.8 Å². The molecule has 0 radical (unpaired) electrons. The van der Waals surface area contributed by atoms with Crippen LogP contribution < -0.4 is 5.32 Å². The number of hydrogen-bond acceptors (Lipinski definition) is 4. The molecule has 30 heavy (non-hydrogen) atoms. The second-order valence-corrected chi connectivity index (χ2v) is 7.54. The number of nitrogens with one attached hydrogen (secondary N) is 1. The van der Waals surface area contributed by atoms with Crippen molar-refractivity contribution in [2.24, 2.45) is 5.92 Å². The van der Waals surface area contributed by atoms with Gasteiger partial charge in [0.25, 0.3) is 0 Å². The summed E-state index contributed by atoms with van der Waals surface area (Å²) in [6, 6.07) is 24.3. The lowest BCUT2D eigenvalue weighted by molar-refractivity contribution is -0.130. The Morgan fingerprint density at radius 1 is 0.900 bits per heavy atom. The Bertz CT molecular complexity index is 911. The Kier molecular flexibility index (Phi) is 7.80. The second kappa shape index (κ2) is 10.7. The number of rotatable bonds is 6. The topological polar surface area (TPSA) is 58.1 Å². The molecule has 0 atom stereocenters. The van der Waals surface area contributed by atoms with Crippen LogP contribution in [-0.4, -0.2) is 40.6 Å². The molecule has 0 bridgehead atoms. The molecular formula is C24H27ClN4O. The van der Waals surface area contributed by atoms with Gasteiger partial charge >= 0.3 is 0 Å². The summed E-state index contributed by atoms with van der Waals surface area (Å²) in [6.07, 6.45) is 3.23. The van der Waals surface area contributed by atoms with Gasteiger partial charge < -0.3 is 10.2 Å². The van der Waals surface area contributed by atoms with E-state index in [0.29, 0.717) is 11.7 Å². The van der Waals surface area contributed by atoms with Crippen LogP contribution in [0.4, 0.5) is 5.82 Å². The molecule has 0 spiro atoms. The molecule has 6 heteroatoms. The average Bonchev–Trinajstić information content (AvgIpc) is 2.80. The van der Waals surface area contributed by atoms with Gasteiger partial charge in [-0.1, -0.05) is 60.7 Å². The van der Waals surface area contributed by atoms with Crippen molar-refractivity contribution in [2.75, 3.05) is 25.0 Å². The number of amides is 1. The van der Waals surface area contributed by atoms with Crippen molar-refractivity contribution in [3.05, 3.63) is 78.4 Å². The lowest BCUT2D eigenvalue weighted by Crippen LogP contribution is -2.41. The van der Waals surface area contributed by atoms with Gasteiger partial charge in [0, 0.05) is 18.7 Å². The fraction of sp³-hybridized carbons (Fsp3) is 0.292. The molecule has 156 valence electrons. The third-order valence-electron chi connectivity index (χ3n) is 5.49. The van der Waals surface area contributed by atoms with Crippen LogP contribution in [-0.2, 0) is 11.2 Å². The van der Waals surface area contributed by atoms with Crippen molar-refractivity contribution < 1.29 is 4.79 Å². The Labute approximate surface area is 183 Å². The lowest BCUT2D eigenvalue weighted by Gasteiger charge is -2.32. The van der Waals surface area contributed by atoms with Crippen molar-refractivity contribution in [1.82, 2.24) is 15.1 Å². The summed E-state index contributed by atoms with van der Waals surface area (Å²) in [7, 11) is 0. The molecule has 1 aliphatic rings. The van der Waals surface area contributed by atoms with Crippen molar-refractivity contribution in [1.29, 1.82) is 0 Å². The minimum Gasteiger partial charge on any atom is -0.360 e. The van der Waals surface area contributed by atoms with Gasteiger partial charge in [0.05, 0.1) is 12.2 Å². The highest BCUT2D eigenvalue weighted by Crippen LogP contribution is 2.22. The zero-order valence-electron chi connectivity index (χ0n) is 16.9. The van der Waals surface area contributed by atoms with Gasteiger partial charge in [-0.15, -0.1) is 22.6 Å². The van der Waals surface area contributed by atoms with Crippen LogP contribution in [0.5, 0.6) is 0 Å². The van der Waals surface area contributed by atoms with Gasteiger partial charge in [0.1, 0.15) is 5.82 Å². The number of carbonyl (C=O) groups excluding carboxylic acids is 1. The first kappa shape index (κ1) is 21.8. The Balaban J connectivity index is 0.00000256. The number of carbonyl (C=O) groups is 1. The second-order valence-electron chi connectivity index (χ2n) is 7.54. The highest BCUT2D eigenvalue weighted by Gasteiger charge is 2.22. The molecule has 1 amide bonds. The molecule has 1 fully saturated rings. The fourth-order valence-corrected chi connectivity index (χ4v) is 3.80. The van der Waals surface area contributed by atoms with Gasteiger partial charge in [-0.3, -0.25) is 4.79 Å². The molecule has 2 aromatic carbocycles. The SMILES string of the molecule is Cl.O=C(CNc1ccc(-c2ccccc2)nn1)N1CCC(Cc2ccccc2)CC1. The smallest absolute Gasteiger partial charge is 0.241 e. The fourth-order valence-electron chi connectivity index (χ4n) is 3.80. The molecule has 1 N–H and O–H groups in total. The van der Waals surface area contributed by atoms with Gasteiger partial charge in [0.2, 0.25) is 5.91 Å². The van der Waals surface area contributed by atoms with Crippen molar-refractivity contribution >= 4 is 24.1 Å². The first-order chi connectivity index (χ1) is 14.3. The van der Waals surface area contributed by atoms with E-state index in [0.717, 1.165) is 43.6 Å². The summed E-state index contributed by atoms with van der Waals surface area (Å²) in [5.41, 5.74) is 3.24. The number of piperidine rings is 1. The van der Waals surface area contributed by atoms with Crippen LogP contribution in [0.2, 0.25) is 0 Å². The Morgan fingerprint density at radius 3 is 2.20 bits per heavy atom. The number of hydrogen-bond donors (Lipinski definition) is 1. The number of aromatic nitrogens is 2. The molecule has 5 nitrogen and oxygen atoms in total. The average molecular weight is 423 g/mol. The summed E-state index contributed by atoms with van der Waals surface area (Å²) in [4.78, 5) is 14.5. The van der Waals surface area contributed by atoms with Crippen LogP contribution in [0.1, 0.15) is 18.4 Å². The third-order valence-corrected chi connectivity index (χ3v) is 5.49. The van der Waals surface area contributed by atoms with E-state index < -0.39 is 0 Å². The Hall–Kier alpha value is -2.92. The molecule has 0 aliphatic carbocycles. The summed E-state index contributed by atoms with van der Waals surface area (Å²) in [5.74, 6) is 1.40. The van der Waals surface area contributed by atoms with Crippen molar-refractivity contribution in [2.45, 2.75) is 19.3 Å². The molecule has 1 aromatic heterocycles. The number of nitrogens with zero attached hydrogens (tertiary/aromatic N) is 3. The van der Waals surface area contributed by atoms with Crippen molar-refractivity contribution in [3.8, 4) is 11.3 Å². The molecule has 4 rings (SSSR count). The van der Waals surface area contributed by atoms with Crippen LogP contribution in [0, 0.1) is 5.92 Å². The monoisotopic (exact) mass is 422 g/mol. The van der Waals surface area contributed by atoms with E-state index in [1.165, 1.54) is 5.56 Å². The first-order valence-corrected chi connectivity index (χ1v) is 10.2. The van der Waals surface area contributed by atoms with E-state index in [1.807, 2.05) is 47.4 Å². The van der Waals surface area contributed by atoms with Crippen LogP contribution >= 0.6 is 12.4 Å². The minimum absolute atomic E-state index is 0. The molecule has 1 aliphatic heterocycles. The predicted octanol–water partition coefficient (Wildman–Crippen LogP) is 4.46. The van der Waals surface area contributed by atoms with Gasteiger partial charge in [-0.2, -0.15) is 0 Å². The largest absolute Gasteiger partial charge is 0.360 e. The number of benzene rings is 2. The molecule has 3 aromatic rings. The summed E-state index contributed by atoms with van der Waals surface area (Å²) >= 11 is 0. The predicted molar refractivity (Wildman–Crippen MR) is 123 cm³/mol. The maximum absolute atomic E-state index is 12.5. The minimum atomic E-state index is 0. The molecular weight excluding hydrogens is 396 g/mol. The van der Waals surface area contributed by atoms with E-state index in [4.69, 9.17) is 0 Å². The molecule has 0 unspecified atom stereocenters. The lowest BCUT2D eigenvalue weighted by atomic mass is 9.90. The third kappa shape index (κ3) is 5.80. The standard InChI is InChI=1S/C24H26N4O.ClH/c29-24(28-15-13-20(14-16-28)17-19-7-3-1-4-8-19)18-25-23-12-11-22(26-27-23)21-9-5-2-6-10-21;/h1-12,20H,13-18H2,(H,25,27);1H. The number of anilines is 1. The molecule has 2 heterocycles. The van der Waals surface area contributed by atoms with E-state index in [-0.39, 0.29) is 24.9 Å². The van der Waals surface area contributed by atoms with Gasteiger partial charge in [0.15, 0.2) is 0 Å². The van der Waals surface area contributed by atoms with E-state index in [2.05, 4.69) is 45.8 Å². The molecule has 1 saturated heterocycles.